The van der Waals surface area contributed by atoms with Gasteiger partial charge < -0.3 is 30.7 Å². The molecule has 4 amide bonds. The largest absolute Gasteiger partial charge is 0.462 e. The third-order valence-electron chi connectivity index (χ3n) is 8.34. The zero-order valence-corrected chi connectivity index (χ0v) is 25.2. The van der Waals surface area contributed by atoms with Crippen LogP contribution in [0.4, 0.5) is 21.0 Å². The molecule has 0 aromatic heterocycles. The number of carbonyl (C=O) groups excluding carboxylic acids is 4. The Bertz CT molecular complexity index is 1120. The van der Waals surface area contributed by atoms with Gasteiger partial charge in [0.05, 0.1) is 24.3 Å². The molecule has 4 N–H and O–H groups in total. The third-order valence-corrected chi connectivity index (χ3v) is 8.34. The number of anilines is 2. The van der Waals surface area contributed by atoms with Crippen LogP contribution in [0.3, 0.4) is 0 Å². The van der Waals surface area contributed by atoms with E-state index in [0.29, 0.717) is 47.6 Å². The predicted octanol–water partition coefficient (Wildman–Crippen LogP) is 6.49. The number of nitrogens with one attached hydrogen (secondary N) is 4. The molecule has 0 spiro atoms. The first-order chi connectivity index (χ1) is 20.8. The molecule has 232 valence electrons. The third kappa shape index (κ3) is 10.0. The second-order valence-electron chi connectivity index (χ2n) is 11.5. The fourth-order valence-electron chi connectivity index (χ4n) is 6.07. The lowest BCUT2D eigenvalue weighted by Gasteiger charge is -2.34. The lowest BCUT2D eigenvalue weighted by atomic mass is 9.75. The van der Waals surface area contributed by atoms with E-state index in [1.165, 1.54) is 6.42 Å². The second-order valence-corrected chi connectivity index (χ2v) is 11.5. The topological polar surface area (TPSA) is 135 Å². The van der Waals surface area contributed by atoms with E-state index in [1.807, 2.05) is 0 Å². The molecular weight excluding hydrogens is 548 g/mol. The lowest BCUT2D eigenvalue weighted by Crippen LogP contribution is -2.41. The number of hydrogen-bond acceptors (Lipinski definition) is 6. The standard InChI is InChI=1S/C33H44N4O6/c1-3-42-30(38)24-9-17-28(18-10-24)36-32(40)34-26-13-5-22(6-14-26)21-23-7-15-27(16-8-23)35-33(41)37-29-19-11-25(12-20-29)31(39)43-4-2/h9-12,17-20,22-23,26-27H,3-8,13-16,21H2,1-2H3,(H2,34,36,40)(H2,35,37,41). The van der Waals surface area contributed by atoms with E-state index < -0.39 is 0 Å². The summed E-state index contributed by atoms with van der Waals surface area (Å²) in [5.74, 6) is 0.596. The van der Waals surface area contributed by atoms with Crippen LogP contribution in [-0.2, 0) is 9.47 Å². The average Bonchev–Trinajstić information content (AvgIpc) is 3.00. The van der Waals surface area contributed by atoms with Crippen LogP contribution in [0.15, 0.2) is 48.5 Å². The highest BCUT2D eigenvalue weighted by atomic mass is 16.5. The van der Waals surface area contributed by atoms with E-state index in [-0.39, 0.29) is 36.1 Å². The van der Waals surface area contributed by atoms with Crippen LogP contribution in [0.2, 0.25) is 0 Å². The predicted molar refractivity (Wildman–Crippen MR) is 165 cm³/mol. The van der Waals surface area contributed by atoms with Crippen molar-refractivity contribution in [3.05, 3.63) is 59.7 Å². The van der Waals surface area contributed by atoms with Gasteiger partial charge in [-0.15, -0.1) is 0 Å². The molecule has 0 bridgehead atoms. The fraction of sp³-hybridized carbons (Fsp3) is 0.515. The summed E-state index contributed by atoms with van der Waals surface area (Å²) in [6.45, 7) is 4.17. The van der Waals surface area contributed by atoms with Crippen molar-refractivity contribution in [2.24, 2.45) is 11.8 Å². The highest BCUT2D eigenvalue weighted by Gasteiger charge is 2.28. The lowest BCUT2D eigenvalue weighted by molar-refractivity contribution is 0.0517. The molecule has 2 aromatic rings. The molecule has 0 radical (unpaired) electrons. The highest BCUT2D eigenvalue weighted by Crippen LogP contribution is 2.35. The first-order valence-electron chi connectivity index (χ1n) is 15.5. The summed E-state index contributed by atoms with van der Waals surface area (Å²) in [6, 6.07) is 13.3. The van der Waals surface area contributed by atoms with Gasteiger partial charge in [-0.1, -0.05) is 0 Å². The van der Waals surface area contributed by atoms with E-state index in [2.05, 4.69) is 21.3 Å². The summed E-state index contributed by atoms with van der Waals surface area (Å²) in [5.41, 5.74) is 2.17. The van der Waals surface area contributed by atoms with Crippen LogP contribution < -0.4 is 21.3 Å². The van der Waals surface area contributed by atoms with E-state index in [9.17, 15) is 19.2 Å². The number of urea groups is 2. The van der Waals surface area contributed by atoms with Crippen molar-refractivity contribution < 1.29 is 28.7 Å². The van der Waals surface area contributed by atoms with Gasteiger partial charge in [0, 0.05) is 23.5 Å². The number of esters is 2. The van der Waals surface area contributed by atoms with Gasteiger partial charge in [0.1, 0.15) is 0 Å². The van der Waals surface area contributed by atoms with Crippen LogP contribution >= 0.6 is 0 Å². The van der Waals surface area contributed by atoms with Crippen molar-refractivity contribution >= 4 is 35.4 Å². The van der Waals surface area contributed by atoms with Gasteiger partial charge >= 0.3 is 24.0 Å². The normalized spacial score (nSPS) is 21.6. The molecule has 2 fully saturated rings. The summed E-state index contributed by atoms with van der Waals surface area (Å²) in [7, 11) is 0. The number of ether oxygens (including phenoxy) is 2. The molecule has 10 nitrogen and oxygen atoms in total. The molecule has 0 heterocycles. The summed E-state index contributed by atoms with van der Waals surface area (Å²) in [6.07, 6.45) is 9.51. The van der Waals surface area contributed by atoms with Gasteiger partial charge in [-0.2, -0.15) is 0 Å². The van der Waals surface area contributed by atoms with Gasteiger partial charge in [-0.3, -0.25) is 0 Å². The smallest absolute Gasteiger partial charge is 0.338 e. The van der Waals surface area contributed by atoms with Crippen molar-refractivity contribution in [3.8, 4) is 0 Å². The van der Waals surface area contributed by atoms with Crippen molar-refractivity contribution in [3.63, 3.8) is 0 Å². The first-order valence-corrected chi connectivity index (χ1v) is 15.5. The van der Waals surface area contributed by atoms with Gasteiger partial charge in [0.15, 0.2) is 0 Å². The Morgan fingerprint density at radius 2 is 0.930 bits per heavy atom. The second kappa shape index (κ2) is 16.0. The van der Waals surface area contributed by atoms with Gasteiger partial charge in [0.25, 0.3) is 0 Å². The van der Waals surface area contributed by atoms with Gasteiger partial charge in [-0.05, 0) is 132 Å². The molecule has 4 rings (SSSR count). The zero-order chi connectivity index (χ0) is 30.6. The monoisotopic (exact) mass is 592 g/mol. The molecule has 0 aliphatic heterocycles. The summed E-state index contributed by atoms with van der Waals surface area (Å²) in [4.78, 5) is 48.6. The van der Waals surface area contributed by atoms with Crippen LogP contribution in [0.5, 0.6) is 0 Å². The van der Waals surface area contributed by atoms with Gasteiger partial charge in [0.2, 0.25) is 0 Å². The molecule has 10 heteroatoms. The number of benzene rings is 2. The molecule has 2 aliphatic rings. The fourth-order valence-corrected chi connectivity index (χ4v) is 6.07. The Balaban J connectivity index is 1.09. The minimum Gasteiger partial charge on any atom is -0.462 e. The summed E-state index contributed by atoms with van der Waals surface area (Å²) >= 11 is 0. The van der Waals surface area contributed by atoms with Crippen molar-refractivity contribution in [1.82, 2.24) is 10.6 Å². The summed E-state index contributed by atoms with van der Waals surface area (Å²) < 4.78 is 9.98. The first kappa shape index (κ1) is 31.8. The Morgan fingerprint density at radius 3 is 1.26 bits per heavy atom. The molecule has 2 aromatic carbocycles. The minimum absolute atomic E-state index is 0.162. The quantitative estimate of drug-likeness (QED) is 0.233. The molecule has 0 atom stereocenters. The van der Waals surface area contributed by atoms with Crippen LogP contribution in [0, 0.1) is 11.8 Å². The Morgan fingerprint density at radius 1 is 0.581 bits per heavy atom. The van der Waals surface area contributed by atoms with Crippen LogP contribution in [0.1, 0.15) is 92.4 Å². The molecule has 2 aliphatic carbocycles. The number of amides is 4. The van der Waals surface area contributed by atoms with Gasteiger partial charge in [-0.25, -0.2) is 19.2 Å². The van der Waals surface area contributed by atoms with Crippen molar-refractivity contribution in [1.29, 1.82) is 0 Å². The Hall–Kier alpha value is -4.08. The van der Waals surface area contributed by atoms with Crippen LogP contribution in [0.25, 0.3) is 0 Å². The average molecular weight is 593 g/mol. The summed E-state index contributed by atoms with van der Waals surface area (Å²) in [5, 5.41) is 11.9. The van der Waals surface area contributed by atoms with Crippen molar-refractivity contribution in [2.75, 3.05) is 23.8 Å². The maximum Gasteiger partial charge on any atom is 0.338 e. The molecule has 43 heavy (non-hydrogen) atoms. The maximum absolute atomic E-state index is 12.5. The van der Waals surface area contributed by atoms with E-state index in [4.69, 9.17) is 9.47 Å². The Labute approximate surface area is 253 Å². The molecule has 2 saturated carbocycles. The van der Waals surface area contributed by atoms with Crippen LogP contribution in [-0.4, -0.2) is 49.3 Å². The highest BCUT2D eigenvalue weighted by molar-refractivity contribution is 5.93. The van der Waals surface area contributed by atoms with E-state index in [0.717, 1.165) is 51.4 Å². The SMILES string of the molecule is CCOC(=O)c1ccc(NC(=O)NC2CCC(CC3CCC(NC(=O)Nc4ccc(C(=O)OCC)cc4)CC3)CC2)cc1. The number of carbonyl (C=O) groups is 4. The molecule has 0 saturated heterocycles. The zero-order valence-electron chi connectivity index (χ0n) is 25.2. The number of rotatable bonds is 10. The Kier molecular flexibility index (Phi) is 11.8. The molecular formula is C33H44N4O6. The minimum atomic E-state index is -0.375. The number of hydrogen-bond donors (Lipinski definition) is 4. The molecule has 0 unspecified atom stereocenters. The van der Waals surface area contributed by atoms with E-state index >= 15 is 0 Å². The van der Waals surface area contributed by atoms with Crippen molar-refractivity contribution in [2.45, 2.75) is 83.7 Å². The maximum atomic E-state index is 12.5. The van der Waals surface area contributed by atoms with E-state index in [1.54, 1.807) is 62.4 Å².